The van der Waals surface area contributed by atoms with E-state index in [4.69, 9.17) is 14.2 Å². The third-order valence-electron chi connectivity index (χ3n) is 4.75. The lowest BCUT2D eigenvalue weighted by molar-refractivity contribution is -0.155. The van der Waals surface area contributed by atoms with Gasteiger partial charge in [-0.15, -0.1) is 0 Å². The second-order valence-corrected chi connectivity index (χ2v) is 8.37. The van der Waals surface area contributed by atoms with Crippen LogP contribution in [-0.2, 0) is 22.6 Å². The number of esters is 1. The molecule has 0 saturated carbocycles. The van der Waals surface area contributed by atoms with Crippen molar-refractivity contribution in [1.29, 1.82) is 0 Å². The molecule has 0 unspecified atom stereocenters. The highest BCUT2D eigenvalue weighted by Gasteiger charge is 2.20. The van der Waals surface area contributed by atoms with Crippen LogP contribution < -0.4 is 20.3 Å². The summed E-state index contributed by atoms with van der Waals surface area (Å²) in [5, 5.41) is 3.11. The Balaban J connectivity index is 1.94. The van der Waals surface area contributed by atoms with Gasteiger partial charge in [-0.05, 0) is 32.9 Å². The summed E-state index contributed by atoms with van der Waals surface area (Å²) in [7, 11) is 3.15. The number of aromatic nitrogens is 2. The van der Waals surface area contributed by atoms with Crippen LogP contribution in [0.3, 0.4) is 0 Å². The van der Waals surface area contributed by atoms with Crippen molar-refractivity contribution in [3.63, 3.8) is 0 Å². The summed E-state index contributed by atoms with van der Waals surface area (Å²) in [6, 6.07) is 14.7. The molecule has 8 heteroatoms. The summed E-state index contributed by atoms with van der Waals surface area (Å²) in [6.45, 7) is 5.41. The molecule has 1 heterocycles. The Morgan fingerprint density at radius 3 is 2.42 bits per heavy atom. The van der Waals surface area contributed by atoms with Gasteiger partial charge in [-0.3, -0.25) is 14.2 Å². The number of carbonyl (C=O) groups excluding carboxylic acids is 1. The first-order chi connectivity index (χ1) is 15.7. The zero-order valence-corrected chi connectivity index (χ0v) is 19.5. The smallest absolute Gasteiger partial charge is 0.326 e. The van der Waals surface area contributed by atoms with Gasteiger partial charge in [0.25, 0.3) is 5.56 Å². The molecule has 1 aromatic heterocycles. The van der Waals surface area contributed by atoms with Gasteiger partial charge in [0.15, 0.2) is 0 Å². The van der Waals surface area contributed by atoms with Crippen molar-refractivity contribution in [1.82, 2.24) is 9.55 Å². The zero-order valence-electron chi connectivity index (χ0n) is 19.5. The Bertz CT molecular complexity index is 1170. The molecule has 0 aliphatic heterocycles. The molecule has 0 spiro atoms. The summed E-state index contributed by atoms with van der Waals surface area (Å²) in [6.07, 6.45) is 1.48. The number of nitrogens with one attached hydrogen (secondary N) is 1. The Hall–Kier alpha value is -3.81. The van der Waals surface area contributed by atoms with Crippen LogP contribution in [0.5, 0.6) is 11.5 Å². The second-order valence-electron chi connectivity index (χ2n) is 8.37. The first-order valence-electron chi connectivity index (χ1n) is 10.5. The van der Waals surface area contributed by atoms with Crippen molar-refractivity contribution in [2.24, 2.45) is 0 Å². The molecule has 2 aromatic carbocycles. The van der Waals surface area contributed by atoms with Crippen molar-refractivity contribution in [2.75, 3.05) is 19.5 Å². The average Bonchev–Trinajstić information content (AvgIpc) is 2.78. The summed E-state index contributed by atoms with van der Waals surface area (Å²) in [5.41, 5.74) is 0.783. The van der Waals surface area contributed by atoms with Gasteiger partial charge in [-0.2, -0.15) is 0 Å². The van der Waals surface area contributed by atoms with Crippen molar-refractivity contribution in [2.45, 2.75) is 39.5 Å². The highest BCUT2D eigenvalue weighted by atomic mass is 16.6. The molecule has 0 atom stereocenters. The minimum atomic E-state index is -0.665. The lowest BCUT2D eigenvalue weighted by atomic mass is 10.2. The quantitative estimate of drug-likeness (QED) is 0.520. The van der Waals surface area contributed by atoms with E-state index in [2.05, 4.69) is 10.3 Å². The van der Waals surface area contributed by atoms with Crippen LogP contribution in [0, 0.1) is 0 Å². The topological polar surface area (TPSA) is 91.7 Å². The second kappa shape index (κ2) is 10.2. The van der Waals surface area contributed by atoms with E-state index in [0.717, 1.165) is 11.1 Å². The molecule has 0 aliphatic rings. The van der Waals surface area contributed by atoms with Crippen molar-refractivity contribution < 1.29 is 19.0 Å². The molecule has 0 radical (unpaired) electrons. The van der Waals surface area contributed by atoms with Gasteiger partial charge in [0, 0.05) is 23.7 Å². The first-order valence-corrected chi connectivity index (χ1v) is 10.5. The molecule has 33 heavy (non-hydrogen) atoms. The van der Waals surface area contributed by atoms with Gasteiger partial charge in [0.1, 0.15) is 35.2 Å². The molecule has 0 fully saturated rings. The van der Waals surface area contributed by atoms with Crippen LogP contribution in [0.4, 0.5) is 5.69 Å². The molecule has 174 valence electrons. The molecule has 0 bridgehead atoms. The first kappa shape index (κ1) is 23.8. The van der Waals surface area contributed by atoms with Crippen LogP contribution in [0.2, 0.25) is 0 Å². The van der Waals surface area contributed by atoms with Crippen LogP contribution in [-0.4, -0.2) is 35.3 Å². The Kier molecular flexibility index (Phi) is 7.37. The van der Waals surface area contributed by atoms with E-state index >= 15 is 0 Å². The van der Waals surface area contributed by atoms with Gasteiger partial charge in [0.05, 0.1) is 20.4 Å². The van der Waals surface area contributed by atoms with Crippen LogP contribution in [0.15, 0.2) is 59.5 Å². The molecule has 0 saturated heterocycles. The van der Waals surface area contributed by atoms with Crippen LogP contribution >= 0.6 is 0 Å². The third kappa shape index (κ3) is 6.12. The molecular weight excluding hydrogens is 422 g/mol. The van der Waals surface area contributed by atoms with E-state index in [1.807, 2.05) is 42.5 Å². The van der Waals surface area contributed by atoms with Gasteiger partial charge in [-0.25, -0.2) is 4.98 Å². The Morgan fingerprint density at radius 2 is 1.79 bits per heavy atom. The molecule has 1 N–H and O–H groups in total. The maximum Gasteiger partial charge on any atom is 0.326 e. The molecule has 0 amide bonds. The largest absolute Gasteiger partial charge is 0.497 e. The maximum absolute atomic E-state index is 13.3. The Labute approximate surface area is 193 Å². The van der Waals surface area contributed by atoms with Crippen molar-refractivity contribution in [3.8, 4) is 22.9 Å². The third-order valence-corrected chi connectivity index (χ3v) is 4.75. The normalized spacial score (nSPS) is 11.1. The predicted octanol–water partition coefficient (Wildman–Crippen LogP) is 3.88. The van der Waals surface area contributed by atoms with E-state index in [1.54, 1.807) is 41.1 Å². The summed E-state index contributed by atoms with van der Waals surface area (Å²) in [5.74, 6) is 1.17. The maximum atomic E-state index is 13.3. The highest BCUT2D eigenvalue weighted by Crippen LogP contribution is 2.25. The highest BCUT2D eigenvalue weighted by molar-refractivity contribution is 5.71. The number of benzene rings is 2. The zero-order chi connectivity index (χ0) is 24.0. The number of hydrogen-bond donors (Lipinski definition) is 1. The van der Waals surface area contributed by atoms with Gasteiger partial charge < -0.3 is 19.5 Å². The van der Waals surface area contributed by atoms with Crippen molar-refractivity contribution >= 4 is 11.7 Å². The van der Waals surface area contributed by atoms with Crippen molar-refractivity contribution in [3.05, 3.63) is 70.6 Å². The molecule has 8 nitrogen and oxygen atoms in total. The van der Waals surface area contributed by atoms with E-state index < -0.39 is 11.6 Å². The lowest BCUT2D eigenvalue weighted by Gasteiger charge is -2.21. The minimum Gasteiger partial charge on any atom is -0.497 e. The van der Waals surface area contributed by atoms with E-state index in [1.165, 1.54) is 10.8 Å². The summed E-state index contributed by atoms with van der Waals surface area (Å²) < 4.78 is 17.4. The number of methoxy groups -OCH3 is 2. The fourth-order valence-corrected chi connectivity index (χ4v) is 3.27. The fraction of sp³-hybridized carbons (Fsp3) is 0.320. The van der Waals surface area contributed by atoms with E-state index in [0.29, 0.717) is 23.9 Å². The average molecular weight is 452 g/mol. The fourth-order valence-electron chi connectivity index (χ4n) is 3.27. The summed E-state index contributed by atoms with van der Waals surface area (Å²) in [4.78, 5) is 30.4. The van der Waals surface area contributed by atoms with Gasteiger partial charge in [-0.1, -0.05) is 30.3 Å². The molecular formula is C25H29N3O5. The standard InChI is InChI=1S/C25H29N3O5/c1-25(2,3)33-22(29)16-28-23(17-9-7-6-8-10-17)27-15-20(24(28)30)26-14-18-11-12-19(31-4)13-21(18)32-5/h6-13,15,26H,14,16H2,1-5H3. The number of carbonyl (C=O) groups is 1. The number of hydrogen-bond acceptors (Lipinski definition) is 7. The number of ether oxygens (including phenoxy) is 3. The SMILES string of the molecule is COc1ccc(CNc2cnc(-c3ccccc3)n(CC(=O)OC(C)(C)C)c2=O)c(OC)c1. The van der Waals surface area contributed by atoms with Crippen LogP contribution in [0.25, 0.3) is 11.4 Å². The monoisotopic (exact) mass is 451 g/mol. The lowest BCUT2D eigenvalue weighted by Crippen LogP contribution is -2.32. The Morgan fingerprint density at radius 1 is 1.06 bits per heavy atom. The van der Waals surface area contributed by atoms with Gasteiger partial charge >= 0.3 is 5.97 Å². The summed E-state index contributed by atoms with van der Waals surface area (Å²) >= 11 is 0. The van der Waals surface area contributed by atoms with E-state index in [-0.39, 0.29) is 17.8 Å². The molecule has 3 rings (SSSR count). The molecule has 0 aliphatic carbocycles. The number of nitrogens with zero attached hydrogens (tertiary/aromatic N) is 2. The van der Waals surface area contributed by atoms with Crippen LogP contribution in [0.1, 0.15) is 26.3 Å². The number of rotatable bonds is 8. The minimum absolute atomic E-state index is 0.255. The predicted molar refractivity (Wildman–Crippen MR) is 127 cm³/mol. The van der Waals surface area contributed by atoms with Gasteiger partial charge in [0.2, 0.25) is 0 Å². The van der Waals surface area contributed by atoms with E-state index in [9.17, 15) is 9.59 Å². The molecule has 3 aromatic rings. The number of anilines is 1.